The van der Waals surface area contributed by atoms with E-state index in [-0.39, 0.29) is 18.2 Å². The molecular weight excluding hydrogens is 743 g/mol. The lowest BCUT2D eigenvalue weighted by Crippen LogP contribution is -2.30. The third kappa shape index (κ3) is 10.0. The van der Waals surface area contributed by atoms with Crippen LogP contribution in [0.3, 0.4) is 0 Å². The van der Waals surface area contributed by atoms with Crippen molar-refractivity contribution in [2.24, 2.45) is 0 Å². The highest BCUT2D eigenvalue weighted by Gasteiger charge is 2.28. The number of esters is 1. The summed E-state index contributed by atoms with van der Waals surface area (Å²) >= 11 is 2.55. The van der Waals surface area contributed by atoms with E-state index in [0.29, 0.717) is 43.6 Å². The topological polar surface area (TPSA) is 123 Å². The maximum atomic E-state index is 14.2. The summed E-state index contributed by atoms with van der Waals surface area (Å²) in [4.78, 5) is 55.2. The maximum absolute atomic E-state index is 14.2. The van der Waals surface area contributed by atoms with Crippen molar-refractivity contribution in [1.82, 2.24) is 5.32 Å². The van der Waals surface area contributed by atoms with E-state index in [1.165, 1.54) is 23.1 Å². The molecule has 9 nitrogen and oxygen atoms in total. The van der Waals surface area contributed by atoms with Gasteiger partial charge in [0.1, 0.15) is 27.3 Å². The number of methoxy groups -OCH3 is 1. The predicted octanol–water partition coefficient (Wildman–Crippen LogP) is 9.79. The molecule has 5 aromatic carbocycles. The molecule has 0 bridgehead atoms. The van der Waals surface area contributed by atoms with Crippen LogP contribution in [-0.4, -0.2) is 37.4 Å². The normalized spacial score (nSPS) is 11.6. The van der Waals surface area contributed by atoms with Gasteiger partial charge in [0.25, 0.3) is 11.8 Å². The number of hydrogen-bond donors (Lipinski definition) is 3. The van der Waals surface area contributed by atoms with Crippen LogP contribution in [0.1, 0.15) is 49.6 Å². The van der Waals surface area contributed by atoms with Crippen LogP contribution in [0.2, 0.25) is 0 Å². The van der Waals surface area contributed by atoms with Crippen LogP contribution in [0.5, 0.6) is 5.75 Å². The number of ether oxygens (including phenoxy) is 2. The van der Waals surface area contributed by atoms with E-state index in [1.54, 1.807) is 92.9 Å². The number of rotatable bonds is 14. The summed E-state index contributed by atoms with van der Waals surface area (Å²) in [6.45, 7) is 3.92. The number of carbonyl (C=O) groups is 4. The smallest absolute Gasteiger partial charge is 0.341 e. The highest BCUT2D eigenvalue weighted by molar-refractivity contribution is 8.00. The lowest BCUT2D eigenvalue weighted by molar-refractivity contribution is -0.116. The Morgan fingerprint density at radius 2 is 1.52 bits per heavy atom. The van der Waals surface area contributed by atoms with Crippen LogP contribution in [0.15, 0.2) is 149 Å². The van der Waals surface area contributed by atoms with Gasteiger partial charge in [0.15, 0.2) is 0 Å². The Labute approximate surface area is 333 Å². The lowest BCUT2D eigenvalue weighted by Gasteiger charge is -2.18. The Morgan fingerprint density at radius 3 is 2.23 bits per heavy atom. The first-order valence-corrected chi connectivity index (χ1v) is 19.5. The largest absolute Gasteiger partial charge is 0.497 e. The zero-order chi connectivity index (χ0) is 39.4. The van der Waals surface area contributed by atoms with E-state index in [2.05, 4.69) is 16.0 Å². The van der Waals surface area contributed by atoms with Crippen LogP contribution in [0.25, 0.3) is 17.2 Å². The minimum Gasteiger partial charge on any atom is -0.497 e. The molecule has 0 saturated carbocycles. The average molecular weight is 782 g/mol. The molecule has 0 spiro atoms. The third-order valence-electron chi connectivity index (χ3n) is 8.49. The van der Waals surface area contributed by atoms with E-state index < -0.39 is 23.0 Å². The van der Waals surface area contributed by atoms with Crippen LogP contribution in [-0.2, 0) is 14.3 Å². The van der Waals surface area contributed by atoms with Crippen molar-refractivity contribution in [2.45, 2.75) is 24.0 Å². The van der Waals surface area contributed by atoms with Gasteiger partial charge in [-0.3, -0.25) is 14.4 Å². The molecule has 6 aromatic rings. The average Bonchev–Trinajstić information content (AvgIpc) is 3.64. The molecule has 0 aliphatic heterocycles. The van der Waals surface area contributed by atoms with Crippen LogP contribution < -0.4 is 20.7 Å². The molecule has 3 N–H and O–H groups in total. The molecule has 0 radical (unpaired) electrons. The van der Waals surface area contributed by atoms with Gasteiger partial charge in [0, 0.05) is 27.1 Å². The summed E-state index contributed by atoms with van der Waals surface area (Å²) in [7, 11) is 1.55. The van der Waals surface area contributed by atoms with Crippen molar-refractivity contribution in [3.05, 3.63) is 172 Å². The first-order chi connectivity index (χ1) is 27.2. The Morgan fingerprint density at radius 1 is 0.804 bits per heavy atom. The quantitative estimate of drug-likeness (QED) is 0.0572. The van der Waals surface area contributed by atoms with E-state index in [1.807, 2.05) is 73.0 Å². The van der Waals surface area contributed by atoms with Gasteiger partial charge in [0.2, 0.25) is 5.91 Å². The number of amides is 3. The second-order valence-electron chi connectivity index (χ2n) is 12.5. The molecule has 56 heavy (non-hydrogen) atoms. The van der Waals surface area contributed by atoms with Gasteiger partial charge in [-0.15, -0.1) is 23.1 Å². The number of benzene rings is 5. The molecular formula is C45H39N3O6S2. The molecule has 0 aliphatic carbocycles. The van der Waals surface area contributed by atoms with Gasteiger partial charge >= 0.3 is 5.97 Å². The predicted molar refractivity (Wildman–Crippen MR) is 224 cm³/mol. The monoisotopic (exact) mass is 781 g/mol. The van der Waals surface area contributed by atoms with E-state index in [0.717, 1.165) is 16.7 Å². The van der Waals surface area contributed by atoms with Crippen molar-refractivity contribution in [3.8, 4) is 16.9 Å². The summed E-state index contributed by atoms with van der Waals surface area (Å²) in [5.41, 5.74) is 5.14. The lowest BCUT2D eigenvalue weighted by atomic mass is 10.0. The number of thioether (sulfide) groups is 1. The van der Waals surface area contributed by atoms with E-state index >= 15 is 0 Å². The number of anilines is 2. The second-order valence-corrected chi connectivity index (χ2v) is 14.5. The molecule has 1 unspecified atom stereocenters. The van der Waals surface area contributed by atoms with Gasteiger partial charge in [-0.2, -0.15) is 0 Å². The van der Waals surface area contributed by atoms with Crippen molar-refractivity contribution < 1.29 is 28.7 Å². The van der Waals surface area contributed by atoms with Crippen molar-refractivity contribution >= 4 is 63.6 Å². The molecule has 1 aromatic heterocycles. The van der Waals surface area contributed by atoms with E-state index in [9.17, 15) is 19.2 Å². The summed E-state index contributed by atoms with van der Waals surface area (Å²) in [6, 6.07) is 40.0. The second kappa shape index (κ2) is 18.7. The number of hydrogen-bond acceptors (Lipinski definition) is 8. The summed E-state index contributed by atoms with van der Waals surface area (Å²) in [5, 5.41) is 10.2. The fourth-order valence-electron chi connectivity index (χ4n) is 5.70. The molecule has 3 amide bonds. The van der Waals surface area contributed by atoms with Gasteiger partial charge in [-0.05, 0) is 79.1 Å². The van der Waals surface area contributed by atoms with Crippen LogP contribution in [0.4, 0.5) is 10.7 Å². The molecule has 11 heteroatoms. The van der Waals surface area contributed by atoms with Crippen molar-refractivity contribution in [1.29, 1.82) is 0 Å². The number of thiophene rings is 1. The Hall–Kier alpha value is -6.43. The highest BCUT2D eigenvalue weighted by Crippen LogP contribution is 2.40. The van der Waals surface area contributed by atoms with Gasteiger partial charge in [0.05, 0.1) is 13.7 Å². The molecule has 1 heterocycles. The Bertz CT molecular complexity index is 2360. The molecule has 0 aliphatic rings. The zero-order valence-corrected chi connectivity index (χ0v) is 32.5. The molecule has 6 rings (SSSR count). The highest BCUT2D eigenvalue weighted by atomic mass is 32.2. The SMILES string of the molecule is CCOC(=O)c1c(-c2ccc(C)cc2)csc1NC(=O)C(Sc1cccc(NC(=O)/C(=C/c2cccc(OC)c2)NC(=O)c2ccccc2)c1)c1ccccc1. The number of aryl methyl sites for hydroxylation is 1. The summed E-state index contributed by atoms with van der Waals surface area (Å²) in [5.74, 6) is -1.26. The summed E-state index contributed by atoms with van der Waals surface area (Å²) in [6.07, 6.45) is 1.58. The van der Waals surface area contributed by atoms with Gasteiger partial charge in [-0.1, -0.05) is 96.6 Å². The number of carbonyl (C=O) groups excluding carboxylic acids is 4. The van der Waals surface area contributed by atoms with Crippen molar-refractivity contribution in [3.63, 3.8) is 0 Å². The molecule has 1 atom stereocenters. The minimum absolute atomic E-state index is 0.0186. The maximum Gasteiger partial charge on any atom is 0.341 e. The van der Waals surface area contributed by atoms with E-state index in [4.69, 9.17) is 9.47 Å². The van der Waals surface area contributed by atoms with Crippen molar-refractivity contribution in [2.75, 3.05) is 24.4 Å². The van der Waals surface area contributed by atoms with Gasteiger partial charge in [-0.25, -0.2) is 4.79 Å². The Balaban J connectivity index is 1.26. The molecule has 0 saturated heterocycles. The van der Waals surface area contributed by atoms with Gasteiger partial charge < -0.3 is 25.4 Å². The fourth-order valence-corrected chi connectivity index (χ4v) is 7.75. The van der Waals surface area contributed by atoms with Crippen LogP contribution >= 0.6 is 23.1 Å². The number of nitrogens with one attached hydrogen (secondary N) is 3. The zero-order valence-electron chi connectivity index (χ0n) is 30.9. The molecule has 0 fully saturated rings. The summed E-state index contributed by atoms with van der Waals surface area (Å²) < 4.78 is 10.8. The fraction of sp³-hybridized carbons (Fsp3) is 0.111. The first-order valence-electron chi connectivity index (χ1n) is 17.7. The first kappa shape index (κ1) is 39.3. The van der Waals surface area contributed by atoms with Crippen LogP contribution in [0, 0.1) is 6.92 Å². The minimum atomic E-state index is -0.740. The third-order valence-corrected chi connectivity index (χ3v) is 10.6. The standard InChI is InChI=1S/C45H39N3O6S2/c1-4-54-45(52)39-37(31-23-21-29(2)22-24-31)28-55-44(39)48-43(51)40(32-14-7-5-8-15-32)56-36-20-12-18-34(27-36)46-42(50)38(26-30-13-11-19-35(25-30)53-3)47-41(49)33-16-9-6-10-17-33/h5-28,40H,4H2,1-3H3,(H,46,50)(H,47,49)(H,48,51)/b38-26-. The molecule has 282 valence electrons. The Kier molecular flexibility index (Phi) is 13.1.